The van der Waals surface area contributed by atoms with E-state index in [9.17, 15) is 4.79 Å². The number of carbonyl (C=O) groups is 1. The van der Waals surface area contributed by atoms with Gasteiger partial charge in [-0.1, -0.05) is 0 Å². The first-order valence-electron chi connectivity index (χ1n) is 7.43. The lowest BCUT2D eigenvalue weighted by Crippen LogP contribution is -2.40. The minimum atomic E-state index is 0.0974. The Kier molecular flexibility index (Phi) is 4.62. The highest BCUT2D eigenvalue weighted by molar-refractivity contribution is 7.11. The maximum absolute atomic E-state index is 12.4. The first kappa shape index (κ1) is 14.9. The van der Waals surface area contributed by atoms with E-state index in [1.807, 2.05) is 11.9 Å². The summed E-state index contributed by atoms with van der Waals surface area (Å²) in [5.41, 5.74) is 2.68. The van der Waals surface area contributed by atoms with Gasteiger partial charge in [0.2, 0.25) is 0 Å². The third-order valence-electron chi connectivity index (χ3n) is 3.94. The fraction of sp³-hybridized carbons (Fsp3) is 0.467. The lowest BCUT2D eigenvalue weighted by atomic mass is 9.93. The lowest BCUT2D eigenvalue weighted by molar-refractivity contribution is 0.0677. The fourth-order valence-electron chi connectivity index (χ4n) is 2.89. The first-order valence-corrected chi connectivity index (χ1v) is 8.31. The standard InChI is InChI=1S/C15H19N5OS/c1-16-14-12(18-4-5-19-14)7-11-3-2-6-20(9-11)15(21)13-8-17-10-22-13/h4-5,8,10-11H,2-3,6-7,9H2,1H3,(H,16,19)/t11-/m0/s1. The summed E-state index contributed by atoms with van der Waals surface area (Å²) in [7, 11) is 1.86. The van der Waals surface area contributed by atoms with Gasteiger partial charge < -0.3 is 10.2 Å². The van der Waals surface area contributed by atoms with Crippen LogP contribution in [0.2, 0.25) is 0 Å². The zero-order chi connectivity index (χ0) is 15.4. The second kappa shape index (κ2) is 6.83. The van der Waals surface area contributed by atoms with Crippen molar-refractivity contribution in [2.24, 2.45) is 5.92 Å². The molecule has 0 spiro atoms. The molecule has 7 heteroatoms. The highest BCUT2D eigenvalue weighted by atomic mass is 32.1. The van der Waals surface area contributed by atoms with Crippen molar-refractivity contribution in [1.82, 2.24) is 19.9 Å². The quantitative estimate of drug-likeness (QED) is 0.935. The maximum atomic E-state index is 12.4. The number of nitrogens with zero attached hydrogens (tertiary/aromatic N) is 4. The van der Waals surface area contributed by atoms with Crippen molar-refractivity contribution in [2.75, 3.05) is 25.5 Å². The largest absolute Gasteiger partial charge is 0.372 e. The smallest absolute Gasteiger partial charge is 0.265 e. The molecule has 3 rings (SSSR count). The molecular formula is C15H19N5OS. The summed E-state index contributed by atoms with van der Waals surface area (Å²) >= 11 is 1.40. The molecule has 1 fully saturated rings. The van der Waals surface area contributed by atoms with Crippen molar-refractivity contribution < 1.29 is 4.79 Å². The van der Waals surface area contributed by atoms with Gasteiger partial charge in [-0.15, -0.1) is 11.3 Å². The number of aromatic nitrogens is 3. The SMILES string of the molecule is CNc1nccnc1C[C@@H]1CCCN(C(=O)c2cncs2)C1. The van der Waals surface area contributed by atoms with Crippen LogP contribution in [0, 0.1) is 5.92 Å². The van der Waals surface area contributed by atoms with E-state index < -0.39 is 0 Å². The van der Waals surface area contributed by atoms with Crippen molar-refractivity contribution in [2.45, 2.75) is 19.3 Å². The van der Waals surface area contributed by atoms with E-state index in [4.69, 9.17) is 0 Å². The molecule has 1 aliphatic heterocycles. The molecule has 0 bridgehead atoms. The summed E-state index contributed by atoms with van der Waals surface area (Å²) in [5.74, 6) is 1.35. The molecule has 1 atom stereocenters. The molecule has 0 aliphatic carbocycles. The Morgan fingerprint density at radius 2 is 2.32 bits per heavy atom. The van der Waals surface area contributed by atoms with Gasteiger partial charge in [0.25, 0.3) is 5.91 Å². The van der Waals surface area contributed by atoms with Gasteiger partial charge in [-0.3, -0.25) is 14.8 Å². The van der Waals surface area contributed by atoms with Crippen LogP contribution in [0.25, 0.3) is 0 Å². The second-order valence-corrected chi connectivity index (χ2v) is 6.32. The van der Waals surface area contributed by atoms with Crippen LogP contribution in [0.5, 0.6) is 0 Å². The number of carbonyl (C=O) groups excluding carboxylic acids is 1. The van der Waals surface area contributed by atoms with E-state index in [2.05, 4.69) is 20.3 Å². The van der Waals surface area contributed by atoms with Crippen LogP contribution in [0.4, 0.5) is 5.82 Å². The molecule has 116 valence electrons. The Hall–Kier alpha value is -2.02. The van der Waals surface area contributed by atoms with Crippen molar-refractivity contribution in [1.29, 1.82) is 0 Å². The van der Waals surface area contributed by atoms with Gasteiger partial charge in [0.15, 0.2) is 0 Å². The summed E-state index contributed by atoms with van der Waals surface area (Å²) in [5, 5.41) is 3.08. The number of hydrogen-bond donors (Lipinski definition) is 1. The van der Waals surface area contributed by atoms with Crippen molar-refractivity contribution >= 4 is 23.1 Å². The number of rotatable bonds is 4. The number of thiazole rings is 1. The average molecular weight is 317 g/mol. The van der Waals surface area contributed by atoms with Gasteiger partial charge in [0.1, 0.15) is 10.7 Å². The van der Waals surface area contributed by atoms with Crippen molar-refractivity contribution in [3.05, 3.63) is 34.7 Å². The summed E-state index contributed by atoms with van der Waals surface area (Å²) < 4.78 is 0. The van der Waals surface area contributed by atoms with Crippen LogP contribution in [-0.2, 0) is 6.42 Å². The van der Waals surface area contributed by atoms with Crippen LogP contribution in [0.3, 0.4) is 0 Å². The van der Waals surface area contributed by atoms with Gasteiger partial charge in [0, 0.05) is 32.5 Å². The van der Waals surface area contributed by atoms with Crippen LogP contribution in [0.1, 0.15) is 28.2 Å². The minimum Gasteiger partial charge on any atom is -0.372 e. The van der Waals surface area contributed by atoms with E-state index in [1.165, 1.54) is 11.3 Å². The molecule has 0 unspecified atom stereocenters. The Morgan fingerprint density at radius 1 is 1.45 bits per heavy atom. The second-order valence-electron chi connectivity index (χ2n) is 5.43. The lowest BCUT2D eigenvalue weighted by Gasteiger charge is -2.32. The molecule has 0 radical (unpaired) electrons. The Labute approximate surface area is 133 Å². The zero-order valence-electron chi connectivity index (χ0n) is 12.5. The molecule has 1 aliphatic rings. The number of nitrogens with one attached hydrogen (secondary N) is 1. The molecule has 2 aromatic rings. The summed E-state index contributed by atoms with van der Waals surface area (Å²) in [4.78, 5) is 27.8. The van der Waals surface area contributed by atoms with E-state index in [1.54, 1.807) is 24.1 Å². The average Bonchev–Trinajstić information content (AvgIpc) is 3.09. The van der Waals surface area contributed by atoms with Gasteiger partial charge in [-0.2, -0.15) is 0 Å². The molecule has 0 aromatic carbocycles. The number of hydrogen-bond acceptors (Lipinski definition) is 6. The normalized spacial score (nSPS) is 18.2. The molecule has 0 saturated carbocycles. The van der Waals surface area contributed by atoms with Crippen LogP contribution < -0.4 is 5.32 Å². The summed E-state index contributed by atoms with van der Waals surface area (Å²) in [6.45, 7) is 1.60. The van der Waals surface area contributed by atoms with Gasteiger partial charge in [0.05, 0.1) is 17.4 Å². The highest BCUT2D eigenvalue weighted by Crippen LogP contribution is 2.24. The fourth-order valence-corrected chi connectivity index (χ4v) is 3.48. The Balaban J connectivity index is 1.67. The van der Waals surface area contributed by atoms with Crippen molar-refractivity contribution in [3.8, 4) is 0 Å². The van der Waals surface area contributed by atoms with E-state index in [0.717, 1.165) is 48.7 Å². The number of anilines is 1. The van der Waals surface area contributed by atoms with E-state index in [0.29, 0.717) is 5.92 Å². The highest BCUT2D eigenvalue weighted by Gasteiger charge is 2.26. The van der Waals surface area contributed by atoms with Crippen LogP contribution >= 0.6 is 11.3 Å². The molecule has 2 aromatic heterocycles. The molecular weight excluding hydrogens is 298 g/mol. The van der Waals surface area contributed by atoms with Gasteiger partial charge >= 0.3 is 0 Å². The maximum Gasteiger partial charge on any atom is 0.265 e. The molecule has 3 heterocycles. The zero-order valence-corrected chi connectivity index (χ0v) is 13.3. The molecule has 1 N–H and O–H groups in total. The molecule has 1 saturated heterocycles. The molecule has 1 amide bonds. The monoisotopic (exact) mass is 317 g/mol. The third-order valence-corrected chi connectivity index (χ3v) is 4.70. The van der Waals surface area contributed by atoms with Crippen LogP contribution in [0.15, 0.2) is 24.1 Å². The number of piperidine rings is 1. The van der Waals surface area contributed by atoms with Gasteiger partial charge in [-0.05, 0) is 25.2 Å². The third kappa shape index (κ3) is 3.24. The summed E-state index contributed by atoms with van der Waals surface area (Å²) in [6, 6.07) is 0. The predicted molar refractivity (Wildman–Crippen MR) is 86.0 cm³/mol. The topological polar surface area (TPSA) is 71.0 Å². The molecule has 6 nitrogen and oxygen atoms in total. The first-order chi connectivity index (χ1) is 10.8. The van der Waals surface area contributed by atoms with Crippen molar-refractivity contribution in [3.63, 3.8) is 0 Å². The minimum absolute atomic E-state index is 0.0974. The Morgan fingerprint density at radius 3 is 3.09 bits per heavy atom. The Bertz CT molecular complexity index is 631. The van der Waals surface area contributed by atoms with Gasteiger partial charge in [-0.25, -0.2) is 4.98 Å². The number of likely N-dealkylation sites (tertiary alicyclic amines) is 1. The predicted octanol–water partition coefficient (Wildman–Crippen LogP) is 2.07. The van der Waals surface area contributed by atoms with E-state index >= 15 is 0 Å². The number of amides is 1. The van der Waals surface area contributed by atoms with E-state index in [-0.39, 0.29) is 5.91 Å². The van der Waals surface area contributed by atoms with Crippen LogP contribution in [-0.4, -0.2) is 45.9 Å². The molecule has 22 heavy (non-hydrogen) atoms. The summed E-state index contributed by atoms with van der Waals surface area (Å²) in [6.07, 6.45) is 8.06.